The fraction of sp³-hybridized carbons (Fsp3) is 0.625. The molecule has 0 aromatic carbocycles. The van der Waals surface area contributed by atoms with Crippen molar-refractivity contribution in [2.75, 3.05) is 20.6 Å². The molecule has 116 valence electrons. The monoisotopic (exact) mass is 289 g/mol. The van der Waals surface area contributed by atoms with Gasteiger partial charge >= 0.3 is 0 Å². The number of likely N-dealkylation sites (N-methyl/N-ethyl adjacent to an activating group) is 1. The molecule has 2 rings (SSSR count). The van der Waals surface area contributed by atoms with Gasteiger partial charge in [-0.2, -0.15) is 5.10 Å². The molecule has 2 aromatic heterocycles. The number of fused-ring (bicyclic) bond motifs is 1. The lowest BCUT2D eigenvalue weighted by Gasteiger charge is -2.34. The molecule has 0 fully saturated rings. The van der Waals surface area contributed by atoms with Crippen LogP contribution in [0.3, 0.4) is 0 Å². The van der Waals surface area contributed by atoms with Crippen LogP contribution in [0.25, 0.3) is 5.65 Å². The number of hydrogen-bond donors (Lipinski definition) is 1. The van der Waals surface area contributed by atoms with E-state index in [-0.39, 0.29) is 11.6 Å². The lowest BCUT2D eigenvalue weighted by Crippen LogP contribution is -2.47. The Morgan fingerprint density at radius 1 is 1.33 bits per heavy atom. The molecule has 5 heteroatoms. The molecule has 0 saturated carbocycles. The highest BCUT2D eigenvalue weighted by molar-refractivity contribution is 5.42. The first-order chi connectivity index (χ1) is 9.72. The summed E-state index contributed by atoms with van der Waals surface area (Å²) < 4.78 is 1.93. The molecule has 0 amide bonds. The highest BCUT2D eigenvalue weighted by atomic mass is 15.3. The molecule has 2 heterocycles. The first-order valence-corrected chi connectivity index (χ1v) is 7.45. The van der Waals surface area contributed by atoms with Crippen molar-refractivity contribution in [1.29, 1.82) is 0 Å². The number of aryl methyl sites for hydroxylation is 2. The van der Waals surface area contributed by atoms with Crippen LogP contribution in [0.4, 0.5) is 0 Å². The summed E-state index contributed by atoms with van der Waals surface area (Å²) in [7, 11) is 4.22. The van der Waals surface area contributed by atoms with Gasteiger partial charge in [0.25, 0.3) is 0 Å². The van der Waals surface area contributed by atoms with E-state index in [0.29, 0.717) is 0 Å². The Hall–Kier alpha value is -1.46. The van der Waals surface area contributed by atoms with Gasteiger partial charge in [0, 0.05) is 41.6 Å². The second kappa shape index (κ2) is 5.73. The summed E-state index contributed by atoms with van der Waals surface area (Å²) in [5.74, 6) is 0. The van der Waals surface area contributed by atoms with Crippen LogP contribution in [0.1, 0.15) is 43.8 Å². The van der Waals surface area contributed by atoms with Crippen molar-refractivity contribution >= 4 is 5.65 Å². The van der Waals surface area contributed by atoms with E-state index in [9.17, 15) is 0 Å². The molecule has 0 aliphatic carbocycles. The summed E-state index contributed by atoms with van der Waals surface area (Å²) in [6.07, 6.45) is 1.96. The van der Waals surface area contributed by atoms with Crippen LogP contribution >= 0.6 is 0 Å². The smallest absolute Gasteiger partial charge is 0.155 e. The molecule has 0 radical (unpaired) electrons. The minimum Gasteiger partial charge on any atom is -0.308 e. The number of nitrogens with one attached hydrogen (secondary N) is 1. The number of nitrogens with zero attached hydrogens (tertiary/aromatic N) is 4. The second-order valence-corrected chi connectivity index (χ2v) is 6.66. The van der Waals surface area contributed by atoms with Gasteiger partial charge in [0.2, 0.25) is 0 Å². The third kappa shape index (κ3) is 3.24. The van der Waals surface area contributed by atoms with Crippen LogP contribution < -0.4 is 5.32 Å². The predicted molar refractivity (Wildman–Crippen MR) is 86.6 cm³/mol. The Morgan fingerprint density at radius 2 is 2.00 bits per heavy atom. The third-order valence-corrected chi connectivity index (χ3v) is 4.40. The summed E-state index contributed by atoms with van der Waals surface area (Å²) in [5, 5.41) is 8.12. The summed E-state index contributed by atoms with van der Waals surface area (Å²) in [4.78, 5) is 6.75. The average Bonchev–Trinajstić information content (AvgIpc) is 2.78. The maximum Gasteiger partial charge on any atom is 0.155 e. The van der Waals surface area contributed by atoms with E-state index in [4.69, 9.17) is 0 Å². The fourth-order valence-electron chi connectivity index (χ4n) is 2.27. The molecule has 2 aromatic rings. The van der Waals surface area contributed by atoms with E-state index in [1.807, 2.05) is 23.7 Å². The Labute approximate surface area is 127 Å². The number of aromatic nitrogens is 3. The first kappa shape index (κ1) is 15.9. The molecular weight excluding hydrogens is 262 g/mol. The molecule has 0 aliphatic rings. The number of hydrogen-bond acceptors (Lipinski definition) is 4. The largest absolute Gasteiger partial charge is 0.308 e. The van der Waals surface area contributed by atoms with Gasteiger partial charge in [-0.25, -0.2) is 9.50 Å². The molecule has 0 saturated heterocycles. The zero-order valence-corrected chi connectivity index (χ0v) is 14.2. The van der Waals surface area contributed by atoms with Crippen molar-refractivity contribution in [3.05, 3.63) is 29.2 Å². The molecule has 0 bridgehead atoms. The van der Waals surface area contributed by atoms with E-state index in [0.717, 1.165) is 23.6 Å². The van der Waals surface area contributed by atoms with Gasteiger partial charge in [0.15, 0.2) is 5.65 Å². The molecule has 0 aliphatic heterocycles. The molecule has 0 spiro atoms. The van der Waals surface area contributed by atoms with Gasteiger partial charge in [-0.1, -0.05) is 0 Å². The summed E-state index contributed by atoms with van der Waals surface area (Å²) in [6, 6.07) is 2.25. The SMILES string of the molecule is Cc1cc2ncc(C(C)NCC(C)(C)N(C)C)c(C)n2n1. The van der Waals surface area contributed by atoms with Crippen LogP contribution in [0.5, 0.6) is 0 Å². The Kier molecular flexibility index (Phi) is 4.35. The predicted octanol–water partition coefficient (Wildman–Crippen LogP) is 2.34. The molecule has 1 N–H and O–H groups in total. The van der Waals surface area contributed by atoms with E-state index in [2.05, 4.69) is 62.1 Å². The van der Waals surface area contributed by atoms with Crippen LogP contribution in [-0.2, 0) is 0 Å². The quantitative estimate of drug-likeness (QED) is 0.917. The average molecular weight is 289 g/mol. The minimum atomic E-state index is 0.113. The standard InChI is InChI=1S/C16H27N5/c1-11-8-15-17-9-14(13(3)21(15)19-11)12(2)18-10-16(4,5)20(6)7/h8-9,12,18H,10H2,1-7H3. The maximum absolute atomic E-state index is 4.51. The minimum absolute atomic E-state index is 0.113. The highest BCUT2D eigenvalue weighted by Gasteiger charge is 2.22. The molecule has 5 nitrogen and oxygen atoms in total. The Bertz CT molecular complexity index is 627. The van der Waals surface area contributed by atoms with Gasteiger partial charge in [-0.15, -0.1) is 0 Å². The maximum atomic E-state index is 4.51. The van der Waals surface area contributed by atoms with Crippen molar-refractivity contribution in [2.45, 2.75) is 46.2 Å². The van der Waals surface area contributed by atoms with Crippen LogP contribution in [0, 0.1) is 13.8 Å². The zero-order chi connectivity index (χ0) is 15.8. The van der Waals surface area contributed by atoms with Crippen LogP contribution in [0.2, 0.25) is 0 Å². The second-order valence-electron chi connectivity index (χ2n) is 6.66. The van der Waals surface area contributed by atoms with E-state index >= 15 is 0 Å². The van der Waals surface area contributed by atoms with E-state index in [1.165, 1.54) is 5.56 Å². The van der Waals surface area contributed by atoms with Crippen molar-refractivity contribution in [1.82, 2.24) is 24.8 Å². The van der Waals surface area contributed by atoms with Crippen molar-refractivity contribution in [2.24, 2.45) is 0 Å². The molecule has 1 atom stereocenters. The number of rotatable bonds is 5. The van der Waals surface area contributed by atoms with Gasteiger partial charge in [-0.05, 0) is 48.7 Å². The summed E-state index contributed by atoms with van der Waals surface area (Å²) >= 11 is 0. The van der Waals surface area contributed by atoms with Gasteiger partial charge in [-0.3, -0.25) is 0 Å². The van der Waals surface area contributed by atoms with E-state index in [1.54, 1.807) is 0 Å². The van der Waals surface area contributed by atoms with Gasteiger partial charge < -0.3 is 10.2 Å². The van der Waals surface area contributed by atoms with Gasteiger partial charge in [0.05, 0.1) is 5.69 Å². The highest BCUT2D eigenvalue weighted by Crippen LogP contribution is 2.19. The first-order valence-electron chi connectivity index (χ1n) is 7.45. The van der Waals surface area contributed by atoms with Crippen molar-refractivity contribution in [3.8, 4) is 0 Å². The Balaban J connectivity index is 2.20. The van der Waals surface area contributed by atoms with Gasteiger partial charge in [0.1, 0.15) is 0 Å². The Morgan fingerprint density at radius 3 is 2.62 bits per heavy atom. The third-order valence-electron chi connectivity index (χ3n) is 4.40. The summed E-state index contributed by atoms with van der Waals surface area (Å²) in [5.41, 5.74) is 4.37. The molecular formula is C16H27N5. The summed E-state index contributed by atoms with van der Waals surface area (Å²) in [6.45, 7) is 11.7. The van der Waals surface area contributed by atoms with Crippen molar-refractivity contribution in [3.63, 3.8) is 0 Å². The topological polar surface area (TPSA) is 45.5 Å². The lowest BCUT2D eigenvalue weighted by atomic mass is 10.0. The normalized spacial score (nSPS) is 14.1. The van der Waals surface area contributed by atoms with Crippen LogP contribution in [-0.4, -0.2) is 45.7 Å². The zero-order valence-electron chi connectivity index (χ0n) is 14.2. The molecule has 21 heavy (non-hydrogen) atoms. The van der Waals surface area contributed by atoms with Crippen molar-refractivity contribution < 1.29 is 0 Å². The van der Waals surface area contributed by atoms with E-state index < -0.39 is 0 Å². The lowest BCUT2D eigenvalue weighted by molar-refractivity contribution is 0.185. The molecule has 1 unspecified atom stereocenters. The fourth-order valence-corrected chi connectivity index (χ4v) is 2.27. The van der Waals surface area contributed by atoms with Crippen LogP contribution in [0.15, 0.2) is 12.3 Å².